The van der Waals surface area contributed by atoms with Gasteiger partial charge < -0.3 is 0 Å². The van der Waals surface area contributed by atoms with Gasteiger partial charge in [-0.15, -0.1) is 0 Å². The minimum Gasteiger partial charge on any atom is -0.268 e. The van der Waals surface area contributed by atoms with Crippen LogP contribution >= 0.6 is 11.6 Å². The third-order valence-corrected chi connectivity index (χ3v) is 4.94. The largest absolute Gasteiger partial charge is 0.268 e. The molecule has 0 amide bonds. The molecule has 0 atom stereocenters. The lowest BCUT2D eigenvalue weighted by Crippen LogP contribution is -2.22. The second-order valence-electron chi connectivity index (χ2n) is 6.42. The molecule has 0 saturated heterocycles. The molecule has 0 bridgehead atoms. The zero-order chi connectivity index (χ0) is 19.7. The van der Waals surface area contributed by atoms with Gasteiger partial charge in [0, 0.05) is 10.6 Å². The van der Waals surface area contributed by atoms with Crippen LogP contribution in [-0.2, 0) is 0 Å². The van der Waals surface area contributed by atoms with Crippen molar-refractivity contribution in [1.29, 1.82) is 0 Å². The lowest BCUT2D eigenvalue weighted by molar-refractivity contribution is 0.625. The number of benzene rings is 3. The summed E-state index contributed by atoms with van der Waals surface area (Å²) in [5.74, 6) is 0.0543. The number of hydrogen-bond donors (Lipinski definition) is 0. The fourth-order valence-corrected chi connectivity index (χ4v) is 3.18. The Morgan fingerprint density at radius 1 is 1.00 bits per heavy atom. The molecular formula is C23H16ClFN2O. The van der Waals surface area contributed by atoms with Crippen LogP contribution in [0, 0.1) is 12.7 Å². The summed E-state index contributed by atoms with van der Waals surface area (Å²) in [6.45, 7) is 1.90. The van der Waals surface area contributed by atoms with Gasteiger partial charge >= 0.3 is 0 Å². The van der Waals surface area contributed by atoms with Crippen LogP contribution in [0.2, 0.25) is 5.02 Å². The van der Waals surface area contributed by atoms with E-state index in [4.69, 9.17) is 11.6 Å². The number of rotatable bonds is 3. The number of nitrogens with zero attached hydrogens (tertiary/aromatic N) is 2. The van der Waals surface area contributed by atoms with Crippen LogP contribution in [0.1, 0.15) is 17.0 Å². The van der Waals surface area contributed by atoms with E-state index in [1.807, 2.05) is 25.1 Å². The summed E-state index contributed by atoms with van der Waals surface area (Å²) in [5.41, 5.74) is 2.30. The quantitative estimate of drug-likeness (QED) is 0.452. The van der Waals surface area contributed by atoms with Crippen LogP contribution < -0.4 is 5.56 Å². The Morgan fingerprint density at radius 3 is 2.54 bits per heavy atom. The van der Waals surface area contributed by atoms with E-state index in [9.17, 15) is 9.18 Å². The monoisotopic (exact) mass is 390 g/mol. The molecule has 4 aromatic rings. The van der Waals surface area contributed by atoms with Crippen LogP contribution in [0.5, 0.6) is 0 Å². The first-order valence-electron chi connectivity index (χ1n) is 8.75. The lowest BCUT2D eigenvalue weighted by atomic mass is 10.1. The number of aryl methyl sites for hydroxylation is 1. The van der Waals surface area contributed by atoms with Gasteiger partial charge in [0.25, 0.3) is 5.56 Å². The summed E-state index contributed by atoms with van der Waals surface area (Å²) in [7, 11) is 0. The zero-order valence-electron chi connectivity index (χ0n) is 15.1. The highest BCUT2D eigenvalue weighted by atomic mass is 35.5. The van der Waals surface area contributed by atoms with E-state index in [0.717, 1.165) is 5.56 Å². The Bertz CT molecular complexity index is 1280. The van der Waals surface area contributed by atoms with Gasteiger partial charge in [0.05, 0.1) is 16.6 Å². The van der Waals surface area contributed by atoms with Crippen LogP contribution in [0.3, 0.4) is 0 Å². The Hall–Kier alpha value is -3.24. The van der Waals surface area contributed by atoms with Gasteiger partial charge in [-0.25, -0.2) is 9.37 Å². The molecule has 0 unspecified atom stereocenters. The summed E-state index contributed by atoms with van der Waals surface area (Å²) in [6.07, 6.45) is 3.25. The highest BCUT2D eigenvalue weighted by Crippen LogP contribution is 2.21. The van der Waals surface area contributed by atoms with E-state index in [1.165, 1.54) is 10.6 Å². The summed E-state index contributed by atoms with van der Waals surface area (Å²) in [4.78, 5) is 17.8. The Balaban J connectivity index is 1.97. The van der Waals surface area contributed by atoms with Crippen LogP contribution in [0.15, 0.2) is 71.5 Å². The third-order valence-electron chi connectivity index (χ3n) is 4.53. The summed E-state index contributed by atoms with van der Waals surface area (Å²) >= 11 is 6.28. The first-order valence-corrected chi connectivity index (χ1v) is 9.13. The van der Waals surface area contributed by atoms with Crippen molar-refractivity contribution >= 4 is 34.7 Å². The molecule has 1 heterocycles. The molecule has 3 nitrogen and oxygen atoms in total. The molecule has 3 aromatic carbocycles. The fourth-order valence-electron chi connectivity index (χ4n) is 3.01. The van der Waals surface area contributed by atoms with E-state index in [-0.39, 0.29) is 11.4 Å². The maximum absolute atomic E-state index is 14.0. The van der Waals surface area contributed by atoms with Gasteiger partial charge in [0.1, 0.15) is 11.6 Å². The molecular weight excluding hydrogens is 375 g/mol. The minimum atomic E-state index is -0.341. The molecule has 28 heavy (non-hydrogen) atoms. The molecule has 0 radical (unpaired) electrons. The van der Waals surface area contributed by atoms with Crippen molar-refractivity contribution < 1.29 is 4.39 Å². The molecule has 1 aromatic heterocycles. The summed E-state index contributed by atoms with van der Waals surface area (Å²) < 4.78 is 15.5. The zero-order valence-corrected chi connectivity index (χ0v) is 15.8. The number of aromatic nitrogens is 2. The molecule has 4 rings (SSSR count). The maximum atomic E-state index is 14.0. The average molecular weight is 391 g/mol. The van der Waals surface area contributed by atoms with Crippen molar-refractivity contribution in [3.8, 4) is 5.69 Å². The lowest BCUT2D eigenvalue weighted by Gasteiger charge is -2.12. The highest BCUT2D eigenvalue weighted by Gasteiger charge is 2.12. The topological polar surface area (TPSA) is 34.9 Å². The highest BCUT2D eigenvalue weighted by molar-refractivity contribution is 6.31. The Morgan fingerprint density at radius 2 is 1.75 bits per heavy atom. The molecule has 0 aliphatic carbocycles. The SMILES string of the molecule is Cc1ccc(-n2c(C=Cc3ccccc3F)nc3ccccc3c2=O)cc1Cl. The minimum absolute atomic E-state index is 0.210. The van der Waals surface area contributed by atoms with E-state index < -0.39 is 0 Å². The van der Waals surface area contributed by atoms with Crippen molar-refractivity contribution in [2.45, 2.75) is 6.92 Å². The molecule has 138 valence electrons. The molecule has 0 N–H and O–H groups in total. The summed E-state index contributed by atoms with van der Waals surface area (Å²) in [6, 6.07) is 19.0. The molecule has 0 saturated carbocycles. The van der Waals surface area contributed by atoms with Crippen molar-refractivity contribution in [3.63, 3.8) is 0 Å². The van der Waals surface area contributed by atoms with E-state index in [2.05, 4.69) is 4.98 Å². The van der Waals surface area contributed by atoms with E-state index in [0.29, 0.717) is 33.0 Å². The first-order chi connectivity index (χ1) is 13.5. The molecule has 0 spiro atoms. The second-order valence-corrected chi connectivity index (χ2v) is 6.82. The molecule has 5 heteroatoms. The van der Waals surface area contributed by atoms with Gasteiger partial charge in [-0.3, -0.25) is 9.36 Å². The normalized spacial score (nSPS) is 11.4. The van der Waals surface area contributed by atoms with Crippen molar-refractivity contribution in [1.82, 2.24) is 9.55 Å². The number of halogens is 2. The predicted octanol–water partition coefficient (Wildman–Crippen LogP) is 5.66. The van der Waals surface area contributed by atoms with Gasteiger partial charge in [0.15, 0.2) is 0 Å². The van der Waals surface area contributed by atoms with Crippen molar-refractivity contribution in [3.05, 3.63) is 105 Å². The molecule has 0 aliphatic heterocycles. The van der Waals surface area contributed by atoms with Gasteiger partial charge in [0.2, 0.25) is 0 Å². The number of fused-ring (bicyclic) bond motifs is 1. The van der Waals surface area contributed by atoms with Gasteiger partial charge in [-0.05, 0) is 55.0 Å². The number of para-hydroxylation sites is 1. The number of hydrogen-bond acceptors (Lipinski definition) is 2. The standard InChI is InChI=1S/C23H16ClFN2O/c1-15-10-12-17(14-19(15)24)27-22(13-11-16-6-2-4-8-20(16)25)26-21-9-5-3-7-18(21)23(27)28/h2-14H,1H3. The Labute approximate surface area is 166 Å². The average Bonchev–Trinajstić information content (AvgIpc) is 2.70. The fraction of sp³-hybridized carbons (Fsp3) is 0.0435. The predicted molar refractivity (Wildman–Crippen MR) is 112 cm³/mol. The third kappa shape index (κ3) is 3.35. The maximum Gasteiger partial charge on any atom is 0.266 e. The Kier molecular flexibility index (Phi) is 4.80. The van der Waals surface area contributed by atoms with Gasteiger partial charge in [-0.2, -0.15) is 0 Å². The van der Waals surface area contributed by atoms with E-state index >= 15 is 0 Å². The smallest absolute Gasteiger partial charge is 0.266 e. The van der Waals surface area contributed by atoms with Crippen molar-refractivity contribution in [2.24, 2.45) is 0 Å². The van der Waals surface area contributed by atoms with Crippen molar-refractivity contribution in [2.75, 3.05) is 0 Å². The van der Waals surface area contributed by atoms with Crippen LogP contribution in [0.4, 0.5) is 4.39 Å². The molecule has 0 fully saturated rings. The molecule has 0 aliphatic rings. The second kappa shape index (κ2) is 7.41. The van der Waals surface area contributed by atoms with Crippen LogP contribution in [0.25, 0.3) is 28.7 Å². The first kappa shape index (κ1) is 18.1. The van der Waals surface area contributed by atoms with Crippen LogP contribution in [-0.4, -0.2) is 9.55 Å². The van der Waals surface area contributed by atoms with E-state index in [1.54, 1.807) is 54.6 Å². The summed E-state index contributed by atoms with van der Waals surface area (Å²) in [5, 5.41) is 1.06. The van der Waals surface area contributed by atoms with Gasteiger partial charge in [-0.1, -0.05) is 48.0 Å².